The lowest BCUT2D eigenvalue weighted by Crippen LogP contribution is -2.02. The number of furan rings is 1. The molecule has 0 fully saturated rings. The van der Waals surface area contributed by atoms with Crippen LogP contribution in [0.1, 0.15) is 5.89 Å². The van der Waals surface area contributed by atoms with Gasteiger partial charge in [0.25, 0.3) is 0 Å². The maximum Gasteiger partial charge on any atom is 0.238 e. The van der Waals surface area contributed by atoms with Crippen molar-refractivity contribution in [1.29, 1.82) is 0 Å². The van der Waals surface area contributed by atoms with E-state index in [0.29, 0.717) is 30.4 Å². The van der Waals surface area contributed by atoms with Gasteiger partial charge in [0, 0.05) is 13.0 Å². The van der Waals surface area contributed by atoms with Crippen molar-refractivity contribution < 1.29 is 8.94 Å². The monoisotopic (exact) mass is 179 g/mol. The molecule has 2 rings (SSSR count). The van der Waals surface area contributed by atoms with Gasteiger partial charge >= 0.3 is 0 Å². The molecule has 0 amide bonds. The van der Waals surface area contributed by atoms with Gasteiger partial charge in [0.15, 0.2) is 5.76 Å². The first-order valence-corrected chi connectivity index (χ1v) is 3.96. The molecule has 13 heavy (non-hydrogen) atoms. The van der Waals surface area contributed by atoms with Gasteiger partial charge in [-0.05, 0) is 12.1 Å². The van der Waals surface area contributed by atoms with E-state index in [0.717, 1.165) is 0 Å². The van der Waals surface area contributed by atoms with Crippen LogP contribution in [0, 0.1) is 0 Å². The second kappa shape index (κ2) is 3.40. The zero-order chi connectivity index (χ0) is 9.10. The number of aromatic nitrogens is 2. The average Bonchev–Trinajstić information content (AvgIpc) is 2.70. The summed E-state index contributed by atoms with van der Waals surface area (Å²) in [6, 6.07) is 3.55. The van der Waals surface area contributed by atoms with E-state index < -0.39 is 0 Å². The number of hydrogen-bond donors (Lipinski definition) is 1. The van der Waals surface area contributed by atoms with Crippen LogP contribution >= 0.6 is 0 Å². The molecule has 2 N–H and O–H groups in total. The van der Waals surface area contributed by atoms with Crippen LogP contribution in [0.15, 0.2) is 27.3 Å². The molecule has 0 aliphatic carbocycles. The van der Waals surface area contributed by atoms with E-state index in [9.17, 15) is 0 Å². The number of nitrogens with two attached hydrogens (primary N) is 1. The predicted molar refractivity (Wildman–Crippen MR) is 44.8 cm³/mol. The largest absolute Gasteiger partial charge is 0.461 e. The molecule has 0 radical (unpaired) electrons. The third-order valence-corrected chi connectivity index (χ3v) is 1.57. The van der Waals surface area contributed by atoms with E-state index in [2.05, 4.69) is 10.1 Å². The molecule has 2 heterocycles. The fourth-order valence-electron chi connectivity index (χ4n) is 0.986. The molecule has 2 aromatic heterocycles. The van der Waals surface area contributed by atoms with Crippen molar-refractivity contribution >= 4 is 0 Å². The van der Waals surface area contributed by atoms with Crippen molar-refractivity contribution in [3.05, 3.63) is 24.3 Å². The second-order valence-electron chi connectivity index (χ2n) is 2.53. The van der Waals surface area contributed by atoms with Crippen LogP contribution in [0.5, 0.6) is 0 Å². The number of rotatable bonds is 3. The maximum atomic E-state index is 5.34. The van der Waals surface area contributed by atoms with Crippen molar-refractivity contribution in [2.45, 2.75) is 6.42 Å². The highest BCUT2D eigenvalue weighted by Gasteiger charge is 2.09. The normalized spacial score (nSPS) is 10.5. The first-order valence-electron chi connectivity index (χ1n) is 3.96. The molecule has 0 aliphatic rings. The van der Waals surface area contributed by atoms with Crippen molar-refractivity contribution in [2.24, 2.45) is 5.73 Å². The molecule has 5 heteroatoms. The first-order chi connectivity index (χ1) is 6.40. The third-order valence-electron chi connectivity index (χ3n) is 1.57. The maximum absolute atomic E-state index is 5.34. The van der Waals surface area contributed by atoms with Gasteiger partial charge in [-0.3, -0.25) is 0 Å². The predicted octanol–water partition coefficient (Wildman–Crippen LogP) is 0.831. The summed E-state index contributed by atoms with van der Waals surface area (Å²) in [5, 5.41) is 3.74. The molecule has 0 saturated carbocycles. The highest BCUT2D eigenvalue weighted by Crippen LogP contribution is 2.15. The molecule has 0 aliphatic heterocycles. The minimum atomic E-state index is 0.466. The van der Waals surface area contributed by atoms with Crippen molar-refractivity contribution in [3.63, 3.8) is 0 Å². The summed E-state index contributed by atoms with van der Waals surface area (Å²) in [5.41, 5.74) is 5.34. The van der Waals surface area contributed by atoms with Crippen LogP contribution in [0.2, 0.25) is 0 Å². The van der Waals surface area contributed by atoms with Crippen molar-refractivity contribution in [1.82, 2.24) is 10.1 Å². The Hall–Kier alpha value is -1.62. The zero-order valence-electron chi connectivity index (χ0n) is 6.93. The van der Waals surface area contributed by atoms with Gasteiger partial charge in [-0.2, -0.15) is 4.98 Å². The van der Waals surface area contributed by atoms with Crippen LogP contribution < -0.4 is 5.73 Å². The minimum absolute atomic E-state index is 0.466. The lowest BCUT2D eigenvalue weighted by Gasteiger charge is -1.84. The van der Waals surface area contributed by atoms with Crippen LogP contribution in [0.3, 0.4) is 0 Å². The Morgan fingerprint density at radius 3 is 3.08 bits per heavy atom. The molecule has 0 bridgehead atoms. The molecule has 0 aromatic carbocycles. The molecular formula is C8H9N3O2. The molecular weight excluding hydrogens is 170 g/mol. The summed E-state index contributed by atoms with van der Waals surface area (Å²) < 4.78 is 10.0. The highest BCUT2D eigenvalue weighted by atomic mass is 16.5. The Labute approximate surface area is 74.5 Å². The van der Waals surface area contributed by atoms with Crippen LogP contribution in [-0.4, -0.2) is 16.7 Å². The molecule has 0 saturated heterocycles. The fraction of sp³-hybridized carbons (Fsp3) is 0.250. The fourth-order valence-corrected chi connectivity index (χ4v) is 0.986. The lowest BCUT2D eigenvalue weighted by atomic mass is 10.4. The number of nitrogens with zero attached hydrogens (tertiary/aromatic N) is 2. The summed E-state index contributed by atoms with van der Waals surface area (Å²) in [6.07, 6.45) is 2.15. The Morgan fingerprint density at radius 1 is 1.46 bits per heavy atom. The Kier molecular flexibility index (Phi) is 2.09. The van der Waals surface area contributed by atoms with Gasteiger partial charge in [-0.15, -0.1) is 0 Å². The van der Waals surface area contributed by atoms with Crippen LogP contribution in [0.4, 0.5) is 0 Å². The highest BCUT2D eigenvalue weighted by molar-refractivity contribution is 5.44. The van der Waals surface area contributed by atoms with Gasteiger partial charge in [0.1, 0.15) is 0 Å². The second-order valence-corrected chi connectivity index (χ2v) is 2.53. The van der Waals surface area contributed by atoms with Crippen molar-refractivity contribution in [2.75, 3.05) is 6.54 Å². The SMILES string of the molecule is NCCc1nc(-c2ccco2)no1. The quantitative estimate of drug-likeness (QED) is 0.755. The molecule has 68 valence electrons. The average molecular weight is 179 g/mol. The van der Waals surface area contributed by atoms with E-state index in [1.165, 1.54) is 0 Å². The summed E-state index contributed by atoms with van der Waals surface area (Å²) in [7, 11) is 0. The topological polar surface area (TPSA) is 78.1 Å². The van der Waals surface area contributed by atoms with E-state index in [-0.39, 0.29) is 0 Å². The summed E-state index contributed by atoms with van der Waals surface area (Å²) >= 11 is 0. The Balaban J connectivity index is 2.23. The van der Waals surface area contributed by atoms with Gasteiger partial charge < -0.3 is 14.7 Å². The van der Waals surface area contributed by atoms with E-state index in [4.69, 9.17) is 14.7 Å². The van der Waals surface area contributed by atoms with Gasteiger partial charge in [-0.25, -0.2) is 0 Å². The van der Waals surface area contributed by atoms with E-state index in [1.54, 1.807) is 18.4 Å². The summed E-state index contributed by atoms with van der Waals surface area (Å²) in [5.74, 6) is 1.61. The standard InChI is InChI=1S/C8H9N3O2/c9-4-3-7-10-8(11-13-7)6-2-1-5-12-6/h1-2,5H,3-4,9H2. The molecule has 2 aromatic rings. The van der Waals surface area contributed by atoms with Crippen LogP contribution in [0.25, 0.3) is 11.6 Å². The first kappa shape index (κ1) is 8.00. The Bertz CT molecular complexity index is 366. The molecule has 0 spiro atoms. The molecule has 5 nitrogen and oxygen atoms in total. The van der Waals surface area contributed by atoms with E-state index in [1.807, 2.05) is 0 Å². The minimum Gasteiger partial charge on any atom is -0.461 e. The number of hydrogen-bond acceptors (Lipinski definition) is 5. The third kappa shape index (κ3) is 1.59. The van der Waals surface area contributed by atoms with Gasteiger partial charge in [-0.1, -0.05) is 5.16 Å². The lowest BCUT2D eigenvalue weighted by molar-refractivity contribution is 0.379. The zero-order valence-corrected chi connectivity index (χ0v) is 6.93. The summed E-state index contributed by atoms with van der Waals surface area (Å²) in [6.45, 7) is 0.500. The van der Waals surface area contributed by atoms with E-state index >= 15 is 0 Å². The summed E-state index contributed by atoms with van der Waals surface area (Å²) in [4.78, 5) is 4.09. The molecule has 0 unspecified atom stereocenters. The van der Waals surface area contributed by atoms with Gasteiger partial charge in [0.05, 0.1) is 6.26 Å². The Morgan fingerprint density at radius 2 is 2.38 bits per heavy atom. The molecule has 0 atom stereocenters. The van der Waals surface area contributed by atoms with Crippen LogP contribution in [-0.2, 0) is 6.42 Å². The van der Waals surface area contributed by atoms with Crippen molar-refractivity contribution in [3.8, 4) is 11.6 Å². The van der Waals surface area contributed by atoms with Gasteiger partial charge in [0.2, 0.25) is 11.7 Å². The smallest absolute Gasteiger partial charge is 0.238 e.